The Kier molecular flexibility index (Phi) is 4.15. The second-order valence-electron chi connectivity index (χ2n) is 5.08. The van der Waals surface area contributed by atoms with Gasteiger partial charge in [-0.25, -0.2) is 0 Å². The van der Waals surface area contributed by atoms with E-state index in [4.69, 9.17) is 4.74 Å². The smallest absolute Gasteiger partial charge is 0.122 e. The first-order valence-corrected chi connectivity index (χ1v) is 8.12. The zero-order valence-corrected chi connectivity index (χ0v) is 13.7. The highest BCUT2D eigenvalue weighted by Crippen LogP contribution is 2.30. The number of anilines is 1. The maximum Gasteiger partial charge on any atom is 0.122 e. The van der Waals surface area contributed by atoms with Gasteiger partial charge in [-0.15, -0.1) is 0 Å². The highest BCUT2D eigenvalue weighted by molar-refractivity contribution is 14.1. The van der Waals surface area contributed by atoms with E-state index in [0.29, 0.717) is 6.04 Å². The predicted octanol–water partition coefficient (Wildman–Crippen LogP) is 4.79. The first-order valence-electron chi connectivity index (χ1n) is 7.04. The van der Waals surface area contributed by atoms with E-state index in [0.717, 1.165) is 25.2 Å². The third-order valence-electron chi connectivity index (χ3n) is 3.69. The van der Waals surface area contributed by atoms with Crippen LogP contribution in [0.4, 0.5) is 5.69 Å². The van der Waals surface area contributed by atoms with Crippen molar-refractivity contribution < 1.29 is 4.74 Å². The van der Waals surface area contributed by atoms with Crippen molar-refractivity contribution in [2.24, 2.45) is 0 Å². The molecule has 2 nitrogen and oxygen atoms in total. The molecule has 0 spiro atoms. The number of rotatable bonds is 4. The summed E-state index contributed by atoms with van der Waals surface area (Å²) < 4.78 is 6.83. The van der Waals surface area contributed by atoms with Crippen LogP contribution >= 0.6 is 22.6 Å². The van der Waals surface area contributed by atoms with Gasteiger partial charge in [-0.2, -0.15) is 0 Å². The Bertz CT molecular complexity index is 612. The van der Waals surface area contributed by atoms with E-state index >= 15 is 0 Å². The molecule has 1 aliphatic heterocycles. The number of fused-ring (bicyclic) bond motifs is 1. The monoisotopic (exact) mass is 379 g/mol. The second kappa shape index (κ2) is 6.04. The Hall–Kier alpha value is -1.23. The molecule has 0 saturated carbocycles. The molecule has 0 saturated heterocycles. The molecule has 3 rings (SSSR count). The molecule has 0 radical (unpaired) electrons. The van der Waals surface area contributed by atoms with E-state index in [2.05, 4.69) is 77.3 Å². The van der Waals surface area contributed by atoms with Gasteiger partial charge in [0.1, 0.15) is 5.75 Å². The van der Waals surface area contributed by atoms with Crippen molar-refractivity contribution in [3.63, 3.8) is 0 Å². The summed E-state index contributed by atoms with van der Waals surface area (Å²) in [5.41, 5.74) is 3.86. The molecule has 2 aromatic rings. The molecule has 1 unspecified atom stereocenters. The Morgan fingerprint density at radius 2 is 2.15 bits per heavy atom. The lowest BCUT2D eigenvalue weighted by Gasteiger charge is -2.19. The van der Waals surface area contributed by atoms with Gasteiger partial charge in [0.15, 0.2) is 0 Å². The second-order valence-corrected chi connectivity index (χ2v) is 6.33. The molecule has 2 aromatic carbocycles. The van der Waals surface area contributed by atoms with Gasteiger partial charge in [0.25, 0.3) is 0 Å². The number of benzene rings is 2. The number of halogens is 1. The molecular formula is C17H18INO. The summed E-state index contributed by atoms with van der Waals surface area (Å²) in [6.07, 6.45) is 2.09. The lowest BCUT2D eigenvalue weighted by Crippen LogP contribution is -2.10. The largest absolute Gasteiger partial charge is 0.493 e. The summed E-state index contributed by atoms with van der Waals surface area (Å²) in [4.78, 5) is 0. The molecule has 0 amide bonds. The standard InChI is InChI=1S/C17H18INO/c1-2-16(19-15-5-3-4-14(18)11-15)12-6-7-17-13(10-12)8-9-20-17/h3-7,10-11,16,19H,2,8-9H2,1H3. The SMILES string of the molecule is CCC(Nc1cccc(I)c1)c1ccc2c(c1)CCO2. The molecule has 1 N–H and O–H groups in total. The molecule has 0 bridgehead atoms. The lowest BCUT2D eigenvalue weighted by molar-refractivity contribution is 0.357. The molecule has 0 aliphatic carbocycles. The van der Waals surface area contributed by atoms with Crippen LogP contribution in [-0.4, -0.2) is 6.61 Å². The fourth-order valence-corrected chi connectivity index (χ4v) is 3.17. The molecule has 20 heavy (non-hydrogen) atoms. The summed E-state index contributed by atoms with van der Waals surface area (Å²) >= 11 is 2.35. The maximum atomic E-state index is 5.58. The molecule has 1 atom stereocenters. The van der Waals surface area contributed by atoms with Crippen LogP contribution in [0.15, 0.2) is 42.5 Å². The van der Waals surface area contributed by atoms with Crippen LogP contribution in [0.25, 0.3) is 0 Å². The van der Waals surface area contributed by atoms with E-state index < -0.39 is 0 Å². The third-order valence-corrected chi connectivity index (χ3v) is 4.36. The van der Waals surface area contributed by atoms with E-state index in [1.54, 1.807) is 0 Å². The minimum atomic E-state index is 0.346. The molecule has 1 heterocycles. The maximum absolute atomic E-state index is 5.58. The molecule has 0 aromatic heterocycles. The zero-order valence-electron chi connectivity index (χ0n) is 11.5. The van der Waals surface area contributed by atoms with Gasteiger partial charge in [-0.3, -0.25) is 0 Å². The van der Waals surface area contributed by atoms with Crippen molar-refractivity contribution in [1.82, 2.24) is 0 Å². The van der Waals surface area contributed by atoms with E-state index in [1.165, 1.54) is 20.4 Å². The van der Waals surface area contributed by atoms with Crippen LogP contribution in [0, 0.1) is 3.57 Å². The van der Waals surface area contributed by atoms with Gasteiger partial charge >= 0.3 is 0 Å². The van der Waals surface area contributed by atoms with Crippen LogP contribution in [0.1, 0.15) is 30.5 Å². The van der Waals surface area contributed by atoms with Crippen molar-refractivity contribution in [2.75, 3.05) is 11.9 Å². The van der Waals surface area contributed by atoms with Gasteiger partial charge in [-0.1, -0.05) is 19.1 Å². The summed E-state index contributed by atoms with van der Waals surface area (Å²) in [5, 5.41) is 3.63. The Balaban J connectivity index is 1.83. The third kappa shape index (κ3) is 2.92. The van der Waals surface area contributed by atoms with Crippen LogP contribution in [0.5, 0.6) is 5.75 Å². The Morgan fingerprint density at radius 3 is 2.95 bits per heavy atom. The van der Waals surface area contributed by atoms with Crippen LogP contribution in [-0.2, 0) is 6.42 Å². The predicted molar refractivity (Wildman–Crippen MR) is 91.5 cm³/mol. The molecule has 3 heteroatoms. The molecular weight excluding hydrogens is 361 g/mol. The number of hydrogen-bond acceptors (Lipinski definition) is 2. The van der Waals surface area contributed by atoms with Gasteiger partial charge < -0.3 is 10.1 Å². The van der Waals surface area contributed by atoms with Gasteiger partial charge in [0.05, 0.1) is 12.6 Å². The number of nitrogens with one attached hydrogen (secondary N) is 1. The topological polar surface area (TPSA) is 21.3 Å². The molecule has 104 valence electrons. The van der Waals surface area contributed by atoms with E-state index in [1.807, 2.05) is 0 Å². The van der Waals surface area contributed by atoms with Crippen molar-refractivity contribution in [2.45, 2.75) is 25.8 Å². The van der Waals surface area contributed by atoms with Crippen molar-refractivity contribution in [1.29, 1.82) is 0 Å². The number of ether oxygens (including phenoxy) is 1. The van der Waals surface area contributed by atoms with Gasteiger partial charge in [0, 0.05) is 15.7 Å². The van der Waals surface area contributed by atoms with Gasteiger partial charge in [0.2, 0.25) is 0 Å². The first kappa shape index (κ1) is 13.7. The van der Waals surface area contributed by atoms with Crippen LogP contribution in [0.3, 0.4) is 0 Å². The Morgan fingerprint density at radius 1 is 1.25 bits per heavy atom. The van der Waals surface area contributed by atoms with Gasteiger partial charge in [-0.05, 0) is 70.5 Å². The average Bonchev–Trinajstić information content (AvgIpc) is 2.92. The normalized spacial score (nSPS) is 14.5. The van der Waals surface area contributed by atoms with Crippen molar-refractivity contribution in [3.05, 3.63) is 57.2 Å². The minimum Gasteiger partial charge on any atom is -0.493 e. The average molecular weight is 379 g/mol. The Labute approximate surface area is 133 Å². The van der Waals surface area contributed by atoms with E-state index in [9.17, 15) is 0 Å². The highest BCUT2D eigenvalue weighted by atomic mass is 127. The van der Waals surface area contributed by atoms with Crippen molar-refractivity contribution in [3.8, 4) is 5.75 Å². The molecule has 0 fully saturated rings. The van der Waals surface area contributed by atoms with Crippen LogP contribution < -0.4 is 10.1 Å². The highest BCUT2D eigenvalue weighted by Gasteiger charge is 2.16. The number of hydrogen-bond donors (Lipinski definition) is 1. The fraction of sp³-hybridized carbons (Fsp3) is 0.294. The van der Waals surface area contributed by atoms with E-state index in [-0.39, 0.29) is 0 Å². The summed E-state index contributed by atoms with van der Waals surface area (Å²) in [6, 6.07) is 15.4. The zero-order chi connectivity index (χ0) is 13.9. The van der Waals surface area contributed by atoms with Crippen LogP contribution in [0.2, 0.25) is 0 Å². The summed E-state index contributed by atoms with van der Waals surface area (Å²) in [5.74, 6) is 1.05. The summed E-state index contributed by atoms with van der Waals surface area (Å²) in [7, 11) is 0. The lowest BCUT2D eigenvalue weighted by atomic mass is 10.0. The fourth-order valence-electron chi connectivity index (χ4n) is 2.62. The molecule has 1 aliphatic rings. The quantitative estimate of drug-likeness (QED) is 0.772. The summed E-state index contributed by atoms with van der Waals surface area (Å²) in [6.45, 7) is 3.04. The minimum absolute atomic E-state index is 0.346. The van der Waals surface area contributed by atoms with Crippen molar-refractivity contribution >= 4 is 28.3 Å². The first-order chi connectivity index (χ1) is 9.76.